The highest BCUT2D eigenvalue weighted by Gasteiger charge is 2.25. The molecule has 0 bridgehead atoms. The summed E-state index contributed by atoms with van der Waals surface area (Å²) in [6.07, 6.45) is 5.61. The molecule has 2 aliphatic rings. The Bertz CT molecular complexity index is 412. The minimum Gasteiger partial charge on any atom is -0.317 e. The summed E-state index contributed by atoms with van der Waals surface area (Å²) in [4.78, 5) is 14.7. The van der Waals surface area contributed by atoms with E-state index in [9.17, 15) is 4.79 Å². The number of H-pyrrole nitrogens is 1. The van der Waals surface area contributed by atoms with Crippen LogP contribution in [-0.4, -0.2) is 27.9 Å². The Morgan fingerprint density at radius 1 is 1.19 bits per heavy atom. The largest absolute Gasteiger partial charge is 0.343 e. The Morgan fingerprint density at radius 2 is 1.94 bits per heavy atom. The number of rotatable bonds is 2. The Labute approximate surface area is 94.2 Å². The second-order valence-electron chi connectivity index (χ2n) is 4.87. The van der Waals surface area contributed by atoms with Crippen molar-refractivity contribution in [1.29, 1.82) is 0 Å². The molecule has 0 radical (unpaired) electrons. The molecule has 88 valence electrons. The smallest absolute Gasteiger partial charge is 0.317 e. The average molecular weight is 222 g/mol. The van der Waals surface area contributed by atoms with Crippen LogP contribution in [0.3, 0.4) is 0 Å². The van der Waals surface area contributed by atoms with Crippen molar-refractivity contribution >= 4 is 0 Å². The van der Waals surface area contributed by atoms with Gasteiger partial charge in [-0.3, -0.25) is 4.98 Å². The number of nitrogens with zero attached hydrogens (tertiary/aromatic N) is 2. The van der Waals surface area contributed by atoms with Crippen LogP contribution in [0, 0.1) is 0 Å². The van der Waals surface area contributed by atoms with Crippen LogP contribution < -0.4 is 11.0 Å². The normalized spacial score (nSPS) is 23.2. The van der Waals surface area contributed by atoms with Crippen LogP contribution in [0.1, 0.15) is 49.9 Å². The summed E-state index contributed by atoms with van der Waals surface area (Å²) < 4.78 is 1.67. The van der Waals surface area contributed by atoms with Crippen molar-refractivity contribution in [3.05, 3.63) is 16.3 Å². The second kappa shape index (κ2) is 4.05. The Hall–Kier alpha value is -1.10. The van der Waals surface area contributed by atoms with Crippen LogP contribution in [0.4, 0.5) is 0 Å². The summed E-state index contributed by atoms with van der Waals surface area (Å²) in [7, 11) is 0. The quantitative estimate of drug-likeness (QED) is 0.776. The van der Waals surface area contributed by atoms with Crippen LogP contribution in [-0.2, 0) is 0 Å². The first kappa shape index (κ1) is 10.1. The molecule has 1 saturated heterocycles. The maximum absolute atomic E-state index is 11.7. The van der Waals surface area contributed by atoms with E-state index in [2.05, 4.69) is 15.4 Å². The highest BCUT2D eigenvalue weighted by atomic mass is 16.2. The van der Waals surface area contributed by atoms with E-state index in [1.807, 2.05) is 0 Å². The summed E-state index contributed by atoms with van der Waals surface area (Å²) in [5, 5.41) is 7.80. The van der Waals surface area contributed by atoms with E-state index in [-0.39, 0.29) is 5.69 Å². The van der Waals surface area contributed by atoms with Crippen molar-refractivity contribution in [3.63, 3.8) is 0 Å². The number of aromatic nitrogens is 3. The first-order chi connectivity index (χ1) is 7.84. The molecule has 0 spiro atoms. The molecule has 1 aliphatic heterocycles. The van der Waals surface area contributed by atoms with Crippen LogP contribution in [0.25, 0.3) is 0 Å². The van der Waals surface area contributed by atoms with E-state index in [0.717, 1.165) is 44.6 Å². The van der Waals surface area contributed by atoms with Crippen molar-refractivity contribution in [2.45, 2.75) is 44.1 Å². The van der Waals surface area contributed by atoms with Gasteiger partial charge < -0.3 is 5.32 Å². The van der Waals surface area contributed by atoms with Crippen molar-refractivity contribution in [2.75, 3.05) is 13.1 Å². The monoisotopic (exact) mass is 222 g/mol. The Kier molecular flexibility index (Phi) is 2.55. The maximum atomic E-state index is 11.7. The lowest BCUT2D eigenvalue weighted by molar-refractivity contribution is 0.279. The lowest BCUT2D eigenvalue weighted by Gasteiger charge is -2.24. The molecule has 1 aromatic heterocycles. The van der Waals surface area contributed by atoms with Gasteiger partial charge in [0.2, 0.25) is 0 Å². The van der Waals surface area contributed by atoms with Gasteiger partial charge in [0.15, 0.2) is 0 Å². The van der Waals surface area contributed by atoms with E-state index in [4.69, 9.17) is 0 Å². The SMILES string of the molecule is O=c1[nH]c(C2CCNCC2)nn1C1CCC1. The van der Waals surface area contributed by atoms with Gasteiger partial charge in [-0.25, -0.2) is 9.48 Å². The highest BCUT2D eigenvalue weighted by molar-refractivity contribution is 4.97. The summed E-state index contributed by atoms with van der Waals surface area (Å²) in [6, 6.07) is 0.360. The first-order valence-corrected chi connectivity index (χ1v) is 6.24. The van der Waals surface area contributed by atoms with Gasteiger partial charge in [-0.1, -0.05) is 0 Å². The zero-order chi connectivity index (χ0) is 11.0. The molecule has 0 aromatic carbocycles. The molecule has 1 saturated carbocycles. The molecule has 0 amide bonds. The molecule has 3 rings (SSSR count). The number of piperidine rings is 1. The molecule has 16 heavy (non-hydrogen) atoms. The topological polar surface area (TPSA) is 62.7 Å². The minimum atomic E-state index is -0.0155. The molecule has 5 nitrogen and oxygen atoms in total. The summed E-state index contributed by atoms with van der Waals surface area (Å²) in [6.45, 7) is 2.06. The Morgan fingerprint density at radius 3 is 2.56 bits per heavy atom. The van der Waals surface area contributed by atoms with Crippen LogP contribution in [0.2, 0.25) is 0 Å². The van der Waals surface area contributed by atoms with Gasteiger partial charge >= 0.3 is 5.69 Å². The molecule has 0 atom stereocenters. The summed E-state index contributed by atoms with van der Waals surface area (Å²) in [5.41, 5.74) is -0.0155. The molecule has 1 aromatic rings. The fraction of sp³-hybridized carbons (Fsp3) is 0.818. The zero-order valence-corrected chi connectivity index (χ0v) is 9.41. The zero-order valence-electron chi connectivity index (χ0n) is 9.41. The van der Waals surface area contributed by atoms with Gasteiger partial charge in [-0.2, -0.15) is 5.10 Å². The Balaban J connectivity index is 1.82. The molecule has 5 heteroatoms. The predicted molar refractivity (Wildman–Crippen MR) is 60.6 cm³/mol. The van der Waals surface area contributed by atoms with E-state index in [1.165, 1.54) is 6.42 Å². The molecular weight excluding hydrogens is 204 g/mol. The fourth-order valence-corrected chi connectivity index (χ4v) is 2.51. The first-order valence-electron chi connectivity index (χ1n) is 6.24. The van der Waals surface area contributed by atoms with Crippen molar-refractivity contribution in [3.8, 4) is 0 Å². The van der Waals surface area contributed by atoms with Gasteiger partial charge in [-0.05, 0) is 45.2 Å². The summed E-state index contributed by atoms with van der Waals surface area (Å²) in [5.74, 6) is 1.34. The van der Waals surface area contributed by atoms with Gasteiger partial charge in [0.05, 0.1) is 6.04 Å². The molecule has 2 N–H and O–H groups in total. The van der Waals surface area contributed by atoms with E-state index >= 15 is 0 Å². The average Bonchev–Trinajstić information content (AvgIpc) is 2.60. The predicted octanol–water partition coefficient (Wildman–Crippen LogP) is 0.763. The summed E-state index contributed by atoms with van der Waals surface area (Å²) >= 11 is 0. The van der Waals surface area contributed by atoms with Gasteiger partial charge in [-0.15, -0.1) is 0 Å². The number of hydrogen-bond acceptors (Lipinski definition) is 3. The molecule has 2 heterocycles. The molecule has 1 aliphatic carbocycles. The van der Waals surface area contributed by atoms with Gasteiger partial charge in [0.1, 0.15) is 5.82 Å². The van der Waals surface area contributed by atoms with Crippen LogP contribution in [0.15, 0.2) is 4.79 Å². The van der Waals surface area contributed by atoms with Gasteiger partial charge in [0.25, 0.3) is 0 Å². The van der Waals surface area contributed by atoms with Crippen LogP contribution in [0.5, 0.6) is 0 Å². The lowest BCUT2D eigenvalue weighted by Crippen LogP contribution is -2.28. The number of aromatic amines is 1. The second-order valence-corrected chi connectivity index (χ2v) is 4.87. The minimum absolute atomic E-state index is 0.0155. The number of hydrogen-bond donors (Lipinski definition) is 2. The molecule has 2 fully saturated rings. The van der Waals surface area contributed by atoms with Crippen molar-refractivity contribution in [2.24, 2.45) is 0 Å². The molecule has 0 unspecified atom stereocenters. The number of nitrogens with one attached hydrogen (secondary N) is 2. The van der Waals surface area contributed by atoms with Crippen molar-refractivity contribution in [1.82, 2.24) is 20.1 Å². The third-order valence-corrected chi connectivity index (χ3v) is 3.80. The van der Waals surface area contributed by atoms with Crippen LogP contribution >= 0.6 is 0 Å². The van der Waals surface area contributed by atoms with E-state index < -0.39 is 0 Å². The fourth-order valence-electron chi connectivity index (χ4n) is 2.51. The standard InChI is InChI=1S/C11H18N4O/c16-11-13-10(8-4-6-12-7-5-8)14-15(11)9-2-1-3-9/h8-9,12H,1-7H2,(H,13,14,16). The molecular formula is C11H18N4O. The third-order valence-electron chi connectivity index (χ3n) is 3.80. The van der Waals surface area contributed by atoms with Crippen molar-refractivity contribution < 1.29 is 0 Å². The third kappa shape index (κ3) is 1.69. The van der Waals surface area contributed by atoms with E-state index in [1.54, 1.807) is 4.68 Å². The highest BCUT2D eigenvalue weighted by Crippen LogP contribution is 2.30. The van der Waals surface area contributed by atoms with E-state index in [0.29, 0.717) is 12.0 Å². The lowest BCUT2D eigenvalue weighted by atomic mass is 9.93. The van der Waals surface area contributed by atoms with Gasteiger partial charge in [0, 0.05) is 5.92 Å². The maximum Gasteiger partial charge on any atom is 0.343 e.